The van der Waals surface area contributed by atoms with Crippen molar-refractivity contribution in [1.29, 1.82) is 0 Å². The van der Waals surface area contributed by atoms with Crippen LogP contribution in [0.3, 0.4) is 0 Å². The highest BCUT2D eigenvalue weighted by Crippen LogP contribution is 2.64. The summed E-state index contributed by atoms with van der Waals surface area (Å²) in [6.45, 7) is 0. The van der Waals surface area contributed by atoms with Crippen LogP contribution in [0.25, 0.3) is 0 Å². The molecule has 0 amide bonds. The topological polar surface area (TPSA) is 0 Å². The maximum Gasteiger partial charge on any atom is -0.0264 e. The first kappa shape index (κ1) is 21.5. The fourth-order valence-corrected chi connectivity index (χ4v) is 11.6. The average molecular weight is 425 g/mol. The van der Waals surface area contributed by atoms with Crippen LogP contribution in [0.2, 0.25) is 0 Å². The van der Waals surface area contributed by atoms with Gasteiger partial charge in [0.1, 0.15) is 0 Å². The van der Waals surface area contributed by atoms with Gasteiger partial charge in [0.25, 0.3) is 0 Å². The molecule has 0 heteroatoms. The van der Waals surface area contributed by atoms with Gasteiger partial charge in [-0.2, -0.15) is 0 Å². The Labute approximate surface area is 194 Å². The molecule has 0 saturated heterocycles. The molecule has 0 aromatic rings. The standard InChI is InChI=1S/C31H52/c1-7-18-30(19-8-1)22-24-12-3-5-14-26(24)28(30)16-11-17-29-27-15-6-4-13-25(27)23-31(29)20-9-2-10-21-31/h24-29H,1-23H2. The van der Waals surface area contributed by atoms with Crippen LogP contribution < -0.4 is 0 Å². The lowest BCUT2D eigenvalue weighted by Gasteiger charge is -2.43. The van der Waals surface area contributed by atoms with Gasteiger partial charge in [-0.1, -0.05) is 83.5 Å². The van der Waals surface area contributed by atoms with E-state index >= 15 is 0 Å². The summed E-state index contributed by atoms with van der Waals surface area (Å²) in [5, 5.41) is 0. The van der Waals surface area contributed by atoms with E-state index in [1.165, 1.54) is 12.8 Å². The summed E-state index contributed by atoms with van der Waals surface area (Å²) in [4.78, 5) is 0. The van der Waals surface area contributed by atoms with Gasteiger partial charge in [0.15, 0.2) is 0 Å². The fraction of sp³-hybridized carbons (Fsp3) is 1.00. The molecule has 0 nitrogen and oxygen atoms in total. The normalized spacial score (nSPS) is 43.7. The highest BCUT2D eigenvalue weighted by atomic mass is 14.6. The third kappa shape index (κ3) is 3.87. The third-order valence-electron chi connectivity index (χ3n) is 12.6. The molecule has 6 saturated carbocycles. The summed E-state index contributed by atoms with van der Waals surface area (Å²) in [6, 6.07) is 0. The van der Waals surface area contributed by atoms with E-state index in [9.17, 15) is 0 Å². The Balaban J connectivity index is 1.16. The lowest BCUT2D eigenvalue weighted by atomic mass is 9.62. The molecule has 6 atom stereocenters. The Morgan fingerprint density at radius 1 is 0.452 bits per heavy atom. The number of rotatable bonds is 4. The van der Waals surface area contributed by atoms with Crippen molar-refractivity contribution < 1.29 is 0 Å². The quantitative estimate of drug-likeness (QED) is 0.421. The SMILES string of the molecule is C1CCC2(CC1)CC1CCCCC1C2CCCC1C2CCCCC2CC12CCCCC2. The van der Waals surface area contributed by atoms with Crippen molar-refractivity contribution in [3.8, 4) is 0 Å². The fourth-order valence-electron chi connectivity index (χ4n) is 11.6. The monoisotopic (exact) mass is 424 g/mol. The highest BCUT2D eigenvalue weighted by molar-refractivity contribution is 5.05. The minimum Gasteiger partial charge on any atom is -0.0533 e. The zero-order valence-electron chi connectivity index (χ0n) is 20.7. The van der Waals surface area contributed by atoms with Gasteiger partial charge in [-0.25, -0.2) is 0 Å². The predicted molar refractivity (Wildman–Crippen MR) is 132 cm³/mol. The molecule has 0 N–H and O–H groups in total. The summed E-state index contributed by atoms with van der Waals surface area (Å²) >= 11 is 0. The van der Waals surface area contributed by atoms with Crippen molar-refractivity contribution >= 4 is 0 Å². The van der Waals surface area contributed by atoms with Crippen molar-refractivity contribution in [2.75, 3.05) is 0 Å². The summed E-state index contributed by atoms with van der Waals surface area (Å²) in [6.07, 6.45) is 36.6. The minimum absolute atomic E-state index is 0.809. The van der Waals surface area contributed by atoms with Crippen LogP contribution in [-0.2, 0) is 0 Å². The maximum absolute atomic E-state index is 1.65. The first-order chi connectivity index (χ1) is 15.3. The average Bonchev–Trinajstić information content (AvgIpc) is 3.27. The van der Waals surface area contributed by atoms with E-state index in [1.54, 1.807) is 135 Å². The van der Waals surface area contributed by atoms with Crippen LogP contribution in [0.4, 0.5) is 0 Å². The molecule has 6 fully saturated rings. The van der Waals surface area contributed by atoms with Crippen molar-refractivity contribution in [3.63, 3.8) is 0 Å². The largest absolute Gasteiger partial charge is 0.0533 e. The van der Waals surface area contributed by atoms with E-state index < -0.39 is 0 Å². The van der Waals surface area contributed by atoms with Crippen LogP contribution >= 0.6 is 0 Å². The molecule has 6 aliphatic rings. The second-order valence-electron chi connectivity index (χ2n) is 13.8. The summed E-state index contributed by atoms with van der Waals surface area (Å²) in [7, 11) is 0. The maximum atomic E-state index is 1.65. The van der Waals surface area contributed by atoms with Crippen LogP contribution in [0.1, 0.15) is 148 Å². The Morgan fingerprint density at radius 2 is 0.871 bits per heavy atom. The van der Waals surface area contributed by atoms with Crippen LogP contribution in [0.15, 0.2) is 0 Å². The van der Waals surface area contributed by atoms with E-state index in [4.69, 9.17) is 0 Å². The van der Waals surface area contributed by atoms with E-state index in [-0.39, 0.29) is 0 Å². The van der Waals surface area contributed by atoms with Crippen LogP contribution in [0, 0.1) is 46.3 Å². The Kier molecular flexibility index (Phi) is 6.24. The van der Waals surface area contributed by atoms with Gasteiger partial charge in [0, 0.05) is 0 Å². The molecule has 0 aromatic heterocycles. The second kappa shape index (κ2) is 8.98. The molecule has 31 heavy (non-hydrogen) atoms. The van der Waals surface area contributed by atoms with Gasteiger partial charge in [0.05, 0.1) is 0 Å². The molecule has 0 radical (unpaired) electrons. The number of hydrogen-bond donors (Lipinski definition) is 0. The molecule has 2 spiro atoms. The van der Waals surface area contributed by atoms with Gasteiger partial charge < -0.3 is 0 Å². The smallest absolute Gasteiger partial charge is 0.0264 e. The Bertz CT molecular complexity index is 539. The van der Waals surface area contributed by atoms with Crippen molar-refractivity contribution in [2.45, 2.75) is 148 Å². The molecule has 6 rings (SSSR count). The molecule has 6 unspecified atom stereocenters. The molecular formula is C31H52. The van der Waals surface area contributed by atoms with E-state index in [0.717, 1.165) is 46.3 Å². The Hall–Kier alpha value is 0. The first-order valence-electron chi connectivity index (χ1n) is 15.3. The minimum atomic E-state index is 0.809. The molecule has 0 aromatic carbocycles. The van der Waals surface area contributed by atoms with Crippen LogP contribution in [0.5, 0.6) is 0 Å². The molecule has 176 valence electrons. The van der Waals surface area contributed by atoms with Gasteiger partial charge in [0.2, 0.25) is 0 Å². The van der Waals surface area contributed by atoms with Gasteiger partial charge in [-0.05, 0) is 111 Å². The first-order valence-corrected chi connectivity index (χ1v) is 15.3. The molecule has 0 heterocycles. The zero-order chi connectivity index (χ0) is 20.7. The molecule has 0 aliphatic heterocycles. The molecular weight excluding hydrogens is 372 g/mol. The van der Waals surface area contributed by atoms with Gasteiger partial charge in [-0.3, -0.25) is 0 Å². The predicted octanol–water partition coefficient (Wildman–Crippen LogP) is 9.71. The number of fused-ring (bicyclic) bond motifs is 2. The van der Waals surface area contributed by atoms with Crippen LogP contribution in [-0.4, -0.2) is 0 Å². The molecule has 0 bridgehead atoms. The van der Waals surface area contributed by atoms with Gasteiger partial charge in [-0.15, -0.1) is 0 Å². The zero-order valence-corrected chi connectivity index (χ0v) is 20.7. The summed E-state index contributed by atoms with van der Waals surface area (Å²) < 4.78 is 0. The summed E-state index contributed by atoms with van der Waals surface area (Å²) in [5.41, 5.74) is 1.62. The van der Waals surface area contributed by atoms with Gasteiger partial charge >= 0.3 is 0 Å². The summed E-state index contributed by atoms with van der Waals surface area (Å²) in [5.74, 6) is 6.81. The lowest BCUT2D eigenvalue weighted by Crippen LogP contribution is -2.33. The Morgan fingerprint density at radius 3 is 1.32 bits per heavy atom. The van der Waals surface area contributed by atoms with Crippen molar-refractivity contribution in [3.05, 3.63) is 0 Å². The van der Waals surface area contributed by atoms with E-state index in [1.807, 2.05) is 0 Å². The molecule has 6 aliphatic carbocycles. The lowest BCUT2D eigenvalue weighted by molar-refractivity contribution is 0.0732. The third-order valence-corrected chi connectivity index (χ3v) is 12.6. The number of hydrogen-bond acceptors (Lipinski definition) is 0. The highest BCUT2D eigenvalue weighted by Gasteiger charge is 2.55. The van der Waals surface area contributed by atoms with E-state index in [0.29, 0.717) is 0 Å². The second-order valence-corrected chi connectivity index (χ2v) is 13.8. The van der Waals surface area contributed by atoms with Crippen molar-refractivity contribution in [1.82, 2.24) is 0 Å². The van der Waals surface area contributed by atoms with E-state index in [2.05, 4.69) is 0 Å². The van der Waals surface area contributed by atoms with Crippen molar-refractivity contribution in [2.24, 2.45) is 46.3 Å².